The van der Waals surface area contributed by atoms with Crippen molar-refractivity contribution in [3.63, 3.8) is 0 Å². The van der Waals surface area contributed by atoms with Gasteiger partial charge in [0.1, 0.15) is 17.7 Å². The van der Waals surface area contributed by atoms with Crippen LogP contribution in [0.5, 0.6) is 0 Å². The Bertz CT molecular complexity index is 975. The second kappa shape index (κ2) is 7.66. The summed E-state index contributed by atoms with van der Waals surface area (Å²) in [7, 11) is 0. The van der Waals surface area contributed by atoms with Gasteiger partial charge in [-0.2, -0.15) is 27.1 Å². The van der Waals surface area contributed by atoms with Crippen molar-refractivity contribution in [2.45, 2.75) is 57.0 Å². The predicted octanol–water partition coefficient (Wildman–Crippen LogP) is 4.01. The SMILES string of the molecule is OC(Nc1ccc(F)c(C(F)(F)F)c1)N1CCc2nn3c(c2C1)C(F)(F)CC[C@H](F)C3. The number of aliphatic hydroxyl groups excluding tert-OH is 1. The molecule has 0 saturated heterocycles. The van der Waals surface area contributed by atoms with Crippen molar-refractivity contribution in [2.24, 2.45) is 0 Å². The molecule has 3 heterocycles. The van der Waals surface area contributed by atoms with Crippen molar-refractivity contribution in [1.29, 1.82) is 0 Å². The summed E-state index contributed by atoms with van der Waals surface area (Å²) in [5, 5.41) is 17.0. The third kappa shape index (κ3) is 4.22. The maximum absolute atomic E-state index is 14.7. The molecule has 0 radical (unpaired) electrons. The summed E-state index contributed by atoms with van der Waals surface area (Å²) in [4.78, 5) is 1.34. The third-order valence-electron chi connectivity index (χ3n) is 5.53. The molecule has 2 atom stereocenters. The summed E-state index contributed by atoms with van der Waals surface area (Å²) in [5.41, 5.74) is -1.50. The highest BCUT2D eigenvalue weighted by Gasteiger charge is 2.44. The average molecular weight is 452 g/mol. The maximum Gasteiger partial charge on any atom is 0.419 e. The maximum atomic E-state index is 14.7. The molecular weight excluding hydrogens is 433 g/mol. The number of nitrogens with zero attached hydrogens (tertiary/aromatic N) is 3. The topological polar surface area (TPSA) is 53.3 Å². The normalized spacial score (nSPS) is 22.4. The van der Waals surface area contributed by atoms with Crippen LogP contribution in [-0.2, 0) is 31.6 Å². The van der Waals surface area contributed by atoms with Crippen LogP contribution in [0.1, 0.15) is 35.4 Å². The number of alkyl halides is 6. The zero-order valence-corrected chi connectivity index (χ0v) is 16.1. The molecule has 4 rings (SSSR count). The molecule has 31 heavy (non-hydrogen) atoms. The zero-order chi connectivity index (χ0) is 22.6. The molecule has 0 amide bonds. The van der Waals surface area contributed by atoms with Crippen LogP contribution in [-0.4, -0.2) is 38.9 Å². The van der Waals surface area contributed by atoms with Crippen molar-refractivity contribution in [3.8, 4) is 0 Å². The molecule has 2 aromatic rings. The first kappa shape index (κ1) is 21.9. The molecule has 12 heteroatoms. The number of rotatable bonds is 3. The van der Waals surface area contributed by atoms with Crippen molar-refractivity contribution in [1.82, 2.24) is 14.7 Å². The molecule has 0 aliphatic carbocycles. The molecular formula is C19H19F7N4O. The largest absolute Gasteiger partial charge is 0.419 e. The summed E-state index contributed by atoms with van der Waals surface area (Å²) in [6.07, 6.45) is -8.66. The monoisotopic (exact) mass is 452 g/mol. The van der Waals surface area contributed by atoms with Gasteiger partial charge in [-0.1, -0.05) is 0 Å². The molecule has 1 unspecified atom stereocenters. The number of benzene rings is 1. The number of fused-ring (bicyclic) bond motifs is 3. The van der Waals surface area contributed by atoms with Crippen LogP contribution in [0.2, 0.25) is 0 Å². The van der Waals surface area contributed by atoms with E-state index in [0.717, 1.165) is 10.7 Å². The Hall–Kier alpha value is -2.34. The molecule has 2 aliphatic rings. The van der Waals surface area contributed by atoms with E-state index in [1.54, 1.807) is 0 Å². The first-order valence-corrected chi connectivity index (χ1v) is 9.62. The number of hydrogen-bond acceptors (Lipinski definition) is 4. The van der Waals surface area contributed by atoms with Gasteiger partial charge in [-0.25, -0.2) is 8.78 Å². The minimum atomic E-state index is -4.91. The Morgan fingerprint density at radius 1 is 1.26 bits per heavy atom. The van der Waals surface area contributed by atoms with Crippen LogP contribution in [0.25, 0.3) is 0 Å². The van der Waals surface area contributed by atoms with E-state index in [1.807, 2.05) is 0 Å². The first-order chi connectivity index (χ1) is 14.5. The van der Waals surface area contributed by atoms with Crippen molar-refractivity contribution >= 4 is 5.69 Å². The van der Waals surface area contributed by atoms with Crippen molar-refractivity contribution in [3.05, 3.63) is 46.5 Å². The number of aromatic nitrogens is 2. The lowest BCUT2D eigenvalue weighted by Crippen LogP contribution is -2.44. The third-order valence-corrected chi connectivity index (χ3v) is 5.53. The number of nitrogens with one attached hydrogen (secondary N) is 1. The van der Waals surface area contributed by atoms with E-state index in [0.29, 0.717) is 17.8 Å². The van der Waals surface area contributed by atoms with Crippen LogP contribution in [0.4, 0.5) is 36.4 Å². The minimum absolute atomic E-state index is 0.154. The van der Waals surface area contributed by atoms with Gasteiger partial charge in [0, 0.05) is 37.2 Å². The van der Waals surface area contributed by atoms with E-state index >= 15 is 0 Å². The van der Waals surface area contributed by atoms with Crippen LogP contribution < -0.4 is 5.32 Å². The first-order valence-electron chi connectivity index (χ1n) is 9.62. The summed E-state index contributed by atoms with van der Waals surface area (Å²) in [6, 6.07) is 2.18. The van der Waals surface area contributed by atoms with E-state index in [-0.39, 0.29) is 49.4 Å². The molecule has 1 aromatic carbocycles. The van der Waals surface area contributed by atoms with E-state index < -0.39 is 42.4 Å². The fourth-order valence-electron chi connectivity index (χ4n) is 4.01. The van der Waals surface area contributed by atoms with Gasteiger partial charge in [0.25, 0.3) is 5.92 Å². The Morgan fingerprint density at radius 2 is 2.00 bits per heavy atom. The Kier molecular flexibility index (Phi) is 5.41. The van der Waals surface area contributed by atoms with Crippen LogP contribution in [0.15, 0.2) is 18.2 Å². The summed E-state index contributed by atoms with van der Waals surface area (Å²) < 4.78 is 96.3. The fraction of sp³-hybridized carbons (Fsp3) is 0.526. The van der Waals surface area contributed by atoms with Gasteiger partial charge in [-0.05, 0) is 24.6 Å². The van der Waals surface area contributed by atoms with Gasteiger partial charge in [-0.15, -0.1) is 0 Å². The van der Waals surface area contributed by atoms with E-state index in [2.05, 4.69) is 10.4 Å². The zero-order valence-electron chi connectivity index (χ0n) is 16.1. The molecule has 0 spiro atoms. The van der Waals surface area contributed by atoms with E-state index in [4.69, 9.17) is 0 Å². The van der Waals surface area contributed by atoms with E-state index in [9.17, 15) is 35.8 Å². The molecule has 0 fully saturated rings. The van der Waals surface area contributed by atoms with Gasteiger partial charge in [0.05, 0.1) is 17.8 Å². The number of aliphatic hydroxyl groups is 1. The number of halogens is 7. The molecule has 2 aliphatic heterocycles. The van der Waals surface area contributed by atoms with Crippen LogP contribution in [0, 0.1) is 5.82 Å². The summed E-state index contributed by atoms with van der Waals surface area (Å²) in [6.45, 7) is -0.261. The van der Waals surface area contributed by atoms with Gasteiger partial charge >= 0.3 is 6.18 Å². The minimum Gasteiger partial charge on any atom is -0.361 e. The standard InChI is InChI=1S/C19H19F7N4O/c20-10-3-5-18(22,23)16-12-9-29(6-4-15(12)28-30(16)8-10)17(31)27-11-1-2-14(21)13(7-11)19(24,25)26/h1-2,7,10,17,27,31H,3-6,8-9H2/t10-,17?/m0/s1. The fourth-order valence-corrected chi connectivity index (χ4v) is 4.01. The van der Waals surface area contributed by atoms with Gasteiger partial charge in [0.2, 0.25) is 0 Å². The highest BCUT2D eigenvalue weighted by molar-refractivity contribution is 5.47. The van der Waals surface area contributed by atoms with Gasteiger partial charge < -0.3 is 10.4 Å². The van der Waals surface area contributed by atoms with Crippen molar-refractivity contribution < 1.29 is 35.8 Å². The lowest BCUT2D eigenvalue weighted by Gasteiger charge is -2.32. The Balaban J connectivity index is 1.56. The smallest absolute Gasteiger partial charge is 0.361 e. The Morgan fingerprint density at radius 3 is 2.71 bits per heavy atom. The van der Waals surface area contributed by atoms with Gasteiger partial charge in [-0.3, -0.25) is 9.58 Å². The van der Waals surface area contributed by atoms with Crippen LogP contribution >= 0.6 is 0 Å². The highest BCUT2D eigenvalue weighted by atomic mass is 19.4. The molecule has 1 aromatic heterocycles. The quantitative estimate of drug-likeness (QED) is 0.546. The lowest BCUT2D eigenvalue weighted by atomic mass is 10.00. The predicted molar refractivity (Wildman–Crippen MR) is 95.4 cm³/mol. The molecule has 170 valence electrons. The average Bonchev–Trinajstić information content (AvgIpc) is 2.99. The number of hydrogen-bond donors (Lipinski definition) is 2. The van der Waals surface area contributed by atoms with Gasteiger partial charge in [0.15, 0.2) is 6.35 Å². The molecule has 5 nitrogen and oxygen atoms in total. The summed E-state index contributed by atoms with van der Waals surface area (Å²) >= 11 is 0. The molecule has 0 bridgehead atoms. The van der Waals surface area contributed by atoms with E-state index in [1.165, 1.54) is 4.90 Å². The number of anilines is 1. The van der Waals surface area contributed by atoms with Crippen molar-refractivity contribution in [2.75, 3.05) is 11.9 Å². The molecule has 0 saturated carbocycles. The second-order valence-corrected chi connectivity index (χ2v) is 7.73. The second-order valence-electron chi connectivity index (χ2n) is 7.73. The Labute approximate surface area is 172 Å². The molecule has 2 N–H and O–H groups in total. The van der Waals surface area contributed by atoms with Crippen LogP contribution in [0.3, 0.4) is 0 Å². The summed E-state index contributed by atoms with van der Waals surface area (Å²) in [5.74, 6) is -4.74. The highest BCUT2D eigenvalue weighted by Crippen LogP contribution is 2.41. The lowest BCUT2D eigenvalue weighted by molar-refractivity contribution is -0.139.